The molecule has 0 unspecified atom stereocenters. The predicted octanol–water partition coefficient (Wildman–Crippen LogP) is 4.15. The van der Waals surface area contributed by atoms with E-state index in [2.05, 4.69) is 32.5 Å². The molecule has 28 heteroatoms. The molecule has 6 N–H and O–H groups in total. The SMILES string of the molecule is C#CCOCCOCCOCCOCCN(CCC(=O)NCCCN=C(CCOCCOCCOCCOCCNC(=O)CCCC[C@H]1SC[C@@H]2NC(=O)N[C@@H]21)C1=C(O)CC(C)(C)CC1=O)C(=O)CCNC(=O)c1ccc(-c2c3ccc(=[N+](C)C)cc-3oc3cc(N(C)C)ccc23)c(C(=O)[O-])c1. The summed E-state index contributed by atoms with van der Waals surface area (Å²) in [7, 11) is 7.64. The third-order valence-electron chi connectivity index (χ3n) is 17.2. The van der Waals surface area contributed by atoms with Crippen LogP contribution < -0.4 is 46.5 Å². The molecule has 102 heavy (non-hydrogen) atoms. The molecule has 3 atom stereocenters. The molecule has 3 aliphatic heterocycles. The molecule has 0 spiro atoms. The first kappa shape index (κ1) is 81.3. The number of ether oxygens (including phenoxy) is 8. The number of carbonyl (C=O) groups is 7. The summed E-state index contributed by atoms with van der Waals surface area (Å²) in [6, 6.07) is 16.0. The van der Waals surface area contributed by atoms with Crippen LogP contribution in [-0.2, 0) is 57.1 Å². The number of carbonyl (C=O) groups excluding carboxylic acids is 7. The molecule has 0 bridgehead atoms. The minimum absolute atomic E-state index is 0.00624. The molecular weight excluding hydrogens is 1330 g/mol. The molecular formula is C74H103N9O18S. The van der Waals surface area contributed by atoms with Crippen molar-refractivity contribution in [2.45, 2.75) is 95.4 Å². The zero-order chi connectivity index (χ0) is 73.2. The van der Waals surface area contributed by atoms with Crippen LogP contribution in [-0.4, -0.2) is 253 Å². The van der Waals surface area contributed by atoms with Crippen molar-refractivity contribution in [1.82, 2.24) is 36.1 Å². The first-order chi connectivity index (χ1) is 49.2. The van der Waals surface area contributed by atoms with Gasteiger partial charge in [0.25, 0.3) is 5.91 Å². The third-order valence-corrected chi connectivity index (χ3v) is 18.7. The number of aliphatic hydroxyl groups excluding tert-OH is 1. The molecule has 0 radical (unpaired) electrons. The van der Waals surface area contributed by atoms with Gasteiger partial charge in [0.1, 0.15) is 37.8 Å². The molecule has 2 fully saturated rings. The number of nitrogens with zero attached hydrogens (tertiary/aromatic N) is 4. The summed E-state index contributed by atoms with van der Waals surface area (Å²) in [5.74, 6) is 0.824. The number of unbranched alkanes of at least 4 members (excludes halogenated alkanes) is 1. The Balaban J connectivity index is 0.834. The van der Waals surface area contributed by atoms with Crippen molar-refractivity contribution >= 4 is 75.5 Å². The number of urea groups is 1. The molecule has 6 amide bonds. The number of hydrogen-bond acceptors (Lipinski definition) is 21. The second-order valence-corrected chi connectivity index (χ2v) is 27.4. The zero-order valence-electron chi connectivity index (χ0n) is 59.9. The number of aliphatic imine (C=N–C) groups is 1. The standard InChI is InChI=1S/C74H103N9O18S/c1-8-29-93-33-37-97-41-44-100-40-36-96-32-28-83(67(88)20-25-78-71(89)51-14-17-54(57(45-51)72(90)91)68-55-18-15-52(81(4)5)46-62(55)101-63-47-53(82(6)7)16-19-56(63)68)27-21-66(87)76-24-11-23-75-58(69-60(84)48-74(2,3)49-61(69)85)22-30-94-34-38-98-42-43-99-39-35-95-31-26-77-65(86)13-10-9-12-64-70-59(50-102-64)79-73(92)80-70/h1,14-19,45-47,59,64,70H,9-13,20-44,48-50H2,2-7H3,(H6-,75,76,77,78,79,80,84,85,86,87,89,90,91,92)/t59-,64+,70-/m0/s1. The lowest BCUT2D eigenvalue weighted by Gasteiger charge is -2.30. The number of benzene rings is 3. The van der Waals surface area contributed by atoms with Crippen LogP contribution in [0.1, 0.15) is 98.8 Å². The van der Waals surface area contributed by atoms with E-state index < -0.39 is 17.3 Å². The Morgan fingerprint density at radius 1 is 0.716 bits per heavy atom. The highest BCUT2D eigenvalue weighted by Gasteiger charge is 2.42. The van der Waals surface area contributed by atoms with E-state index in [1.165, 1.54) is 17.0 Å². The van der Waals surface area contributed by atoms with Gasteiger partial charge in [0.2, 0.25) is 23.1 Å². The Morgan fingerprint density at radius 2 is 1.36 bits per heavy atom. The molecule has 2 aliphatic carbocycles. The molecule has 2 saturated heterocycles. The van der Waals surface area contributed by atoms with Crippen LogP contribution in [0.4, 0.5) is 10.5 Å². The maximum Gasteiger partial charge on any atom is 0.315 e. The van der Waals surface area contributed by atoms with E-state index in [-0.39, 0.29) is 162 Å². The number of nitrogens with one attached hydrogen (secondary N) is 5. The van der Waals surface area contributed by atoms with E-state index in [4.69, 9.17) is 53.7 Å². The number of fused-ring (bicyclic) bond motifs is 3. The number of terminal acetylenes is 1. The normalized spacial score (nSPS) is 16.4. The number of aromatic carboxylic acids is 1. The minimum Gasteiger partial charge on any atom is -0.545 e. The van der Waals surface area contributed by atoms with Crippen molar-refractivity contribution < 1.29 is 86.1 Å². The highest BCUT2D eigenvalue weighted by molar-refractivity contribution is 8.00. The highest BCUT2D eigenvalue weighted by atomic mass is 32.2. The number of carboxylic acid groups (broad SMARTS) is 1. The number of rotatable bonds is 48. The number of anilines is 1. The van der Waals surface area contributed by atoms with Crippen molar-refractivity contribution in [2.24, 2.45) is 10.4 Å². The van der Waals surface area contributed by atoms with Gasteiger partial charge in [-0.15, -0.1) is 6.42 Å². The molecule has 7 rings (SSSR count). The molecule has 27 nitrogen and oxygen atoms in total. The van der Waals surface area contributed by atoms with Gasteiger partial charge in [-0.1, -0.05) is 32.3 Å². The Bertz CT molecular complexity index is 3580. The lowest BCUT2D eigenvalue weighted by molar-refractivity contribution is -0.255. The van der Waals surface area contributed by atoms with Gasteiger partial charge in [0, 0.05) is 148 Å². The quantitative estimate of drug-likeness (QED) is 0.00903. The van der Waals surface area contributed by atoms with Crippen molar-refractivity contribution in [1.29, 1.82) is 0 Å². The lowest BCUT2D eigenvalue weighted by atomic mass is 9.75. The molecule has 0 saturated carbocycles. The fourth-order valence-electron chi connectivity index (χ4n) is 12.0. The van der Waals surface area contributed by atoms with Gasteiger partial charge in [-0.05, 0) is 60.6 Å². The number of Topliss-reactive ketones (excluding diaryl/α,β-unsaturated/α-hetero) is 1. The topological polar surface area (TPSA) is 332 Å². The summed E-state index contributed by atoms with van der Waals surface area (Å²) in [6.45, 7) is 9.59. The summed E-state index contributed by atoms with van der Waals surface area (Å²) in [4.78, 5) is 99.5. The Morgan fingerprint density at radius 3 is 2.03 bits per heavy atom. The minimum atomic E-state index is -1.49. The summed E-state index contributed by atoms with van der Waals surface area (Å²) in [5.41, 5.74) is 3.02. The number of thioether (sulfide) groups is 1. The summed E-state index contributed by atoms with van der Waals surface area (Å²) < 4.78 is 53.1. The van der Waals surface area contributed by atoms with E-state index in [1.54, 1.807) is 6.07 Å². The summed E-state index contributed by atoms with van der Waals surface area (Å²) in [6.07, 6.45) is 9.34. The monoisotopic (exact) mass is 1440 g/mol. The molecule has 558 valence electrons. The fraction of sp³-hybridized carbons (Fsp3) is 0.581. The van der Waals surface area contributed by atoms with E-state index in [0.717, 1.165) is 36.1 Å². The molecule has 5 aliphatic rings. The Hall–Kier alpha value is -7.98. The van der Waals surface area contributed by atoms with Gasteiger partial charge in [-0.25, -0.2) is 9.37 Å². The van der Waals surface area contributed by atoms with Crippen molar-refractivity contribution in [3.63, 3.8) is 0 Å². The van der Waals surface area contributed by atoms with Gasteiger partial charge in [-0.3, -0.25) is 29.0 Å². The first-order valence-corrected chi connectivity index (χ1v) is 36.1. The van der Waals surface area contributed by atoms with Crippen molar-refractivity contribution in [3.8, 4) is 34.8 Å². The molecule has 2 aromatic carbocycles. The first-order valence-electron chi connectivity index (χ1n) is 35.1. The summed E-state index contributed by atoms with van der Waals surface area (Å²) >= 11 is 1.88. The fourth-order valence-corrected chi connectivity index (χ4v) is 13.5. The van der Waals surface area contributed by atoms with Crippen LogP contribution in [0.25, 0.3) is 33.4 Å². The zero-order valence-corrected chi connectivity index (χ0v) is 60.7. The van der Waals surface area contributed by atoms with Crippen LogP contribution in [0.3, 0.4) is 0 Å². The second kappa shape index (κ2) is 43.2. The van der Waals surface area contributed by atoms with Crippen molar-refractivity contribution in [2.75, 3.05) is 184 Å². The average molecular weight is 1440 g/mol. The second-order valence-electron chi connectivity index (χ2n) is 26.1. The van der Waals surface area contributed by atoms with Gasteiger partial charge in [0.05, 0.1) is 135 Å². The lowest BCUT2D eigenvalue weighted by Crippen LogP contribution is -2.39. The van der Waals surface area contributed by atoms with Gasteiger partial charge >= 0.3 is 6.03 Å². The molecule has 3 heterocycles. The number of allylic oxidation sites excluding steroid dienone is 2. The van der Waals surface area contributed by atoms with Gasteiger partial charge in [0.15, 0.2) is 5.78 Å². The number of aliphatic hydroxyl groups is 1. The van der Waals surface area contributed by atoms with Crippen LogP contribution in [0.2, 0.25) is 0 Å². The van der Waals surface area contributed by atoms with Crippen LogP contribution >= 0.6 is 11.8 Å². The van der Waals surface area contributed by atoms with E-state index >= 15 is 0 Å². The van der Waals surface area contributed by atoms with Gasteiger partial charge in [-0.2, -0.15) is 11.8 Å². The highest BCUT2D eigenvalue weighted by Crippen LogP contribution is 2.43. The van der Waals surface area contributed by atoms with E-state index in [9.17, 15) is 43.8 Å². The average Bonchev–Trinajstić information content (AvgIpc) is 0.901. The van der Waals surface area contributed by atoms with E-state index in [0.29, 0.717) is 136 Å². The van der Waals surface area contributed by atoms with Gasteiger partial charge < -0.3 is 93.7 Å². The number of amides is 6. The molecule has 2 aromatic rings. The summed E-state index contributed by atoms with van der Waals surface area (Å²) in [5, 5.41) is 40.5. The van der Waals surface area contributed by atoms with E-state index in [1.807, 2.05) is 99.7 Å². The number of hydrogen-bond donors (Lipinski definition) is 6. The number of ketones is 1. The largest absolute Gasteiger partial charge is 0.545 e. The van der Waals surface area contributed by atoms with Crippen molar-refractivity contribution in [3.05, 3.63) is 82.4 Å². The Labute approximate surface area is 601 Å². The number of carboxylic acids is 1. The maximum atomic E-state index is 13.9. The van der Waals surface area contributed by atoms with Crippen LogP contribution in [0.15, 0.2) is 75.3 Å². The molecule has 0 aromatic heterocycles. The van der Waals surface area contributed by atoms with Crippen LogP contribution in [0.5, 0.6) is 0 Å². The third kappa shape index (κ3) is 26.7. The maximum absolute atomic E-state index is 13.9. The smallest absolute Gasteiger partial charge is 0.315 e. The predicted molar refractivity (Wildman–Crippen MR) is 387 cm³/mol. The van der Waals surface area contributed by atoms with Crippen LogP contribution in [0, 0.1) is 17.8 Å². The Kier molecular flexibility index (Phi) is 34.4.